The molecule has 1 aromatic rings. The van der Waals surface area contributed by atoms with Crippen LogP contribution in [-0.4, -0.2) is 51.4 Å². The summed E-state index contributed by atoms with van der Waals surface area (Å²) in [5.41, 5.74) is 0. The molecule has 126 valence electrons. The number of esters is 1. The van der Waals surface area contributed by atoms with Crippen molar-refractivity contribution in [2.24, 2.45) is 5.92 Å². The van der Waals surface area contributed by atoms with Crippen molar-refractivity contribution in [2.75, 3.05) is 20.2 Å². The molecule has 1 saturated heterocycles. The van der Waals surface area contributed by atoms with E-state index in [0.717, 1.165) is 0 Å². The molecular weight excluding hydrogens is 320 g/mol. The number of benzene rings is 1. The number of hydrogen-bond acceptors (Lipinski definition) is 5. The second kappa shape index (κ2) is 7.10. The highest BCUT2D eigenvalue weighted by molar-refractivity contribution is 7.89. The minimum atomic E-state index is -3.76. The van der Waals surface area contributed by atoms with Gasteiger partial charge in [0.05, 0.1) is 24.0 Å². The Bertz CT molecular complexity index is 674. The number of carbonyl (C=O) groups excluding carboxylic acids is 2. The first-order valence-electron chi connectivity index (χ1n) is 7.29. The molecule has 0 radical (unpaired) electrons. The molecule has 2 atom stereocenters. The zero-order chi connectivity index (χ0) is 17.0. The van der Waals surface area contributed by atoms with Crippen LogP contribution in [0.3, 0.4) is 0 Å². The number of methoxy groups -OCH3 is 1. The molecular formula is C15H20N2O5S. The van der Waals surface area contributed by atoms with Crippen molar-refractivity contribution in [3.05, 3.63) is 30.3 Å². The average molecular weight is 340 g/mol. The van der Waals surface area contributed by atoms with E-state index >= 15 is 0 Å². The molecule has 1 aliphatic rings. The monoisotopic (exact) mass is 340 g/mol. The summed E-state index contributed by atoms with van der Waals surface area (Å²) in [6, 6.07) is 6.96. The Labute approximate surface area is 135 Å². The molecule has 1 fully saturated rings. The molecule has 7 nitrogen and oxygen atoms in total. The summed E-state index contributed by atoms with van der Waals surface area (Å²) in [6.45, 7) is 2.16. The molecule has 2 unspecified atom stereocenters. The number of ether oxygens (including phenoxy) is 1. The smallest absolute Gasteiger partial charge is 0.310 e. The highest BCUT2D eigenvalue weighted by Crippen LogP contribution is 2.18. The maximum atomic E-state index is 12.4. The van der Waals surface area contributed by atoms with Crippen molar-refractivity contribution in [3.8, 4) is 0 Å². The van der Waals surface area contributed by atoms with Crippen LogP contribution in [0.2, 0.25) is 0 Å². The molecule has 0 bridgehead atoms. The van der Waals surface area contributed by atoms with Gasteiger partial charge in [0.25, 0.3) is 0 Å². The number of nitrogens with one attached hydrogen (secondary N) is 1. The van der Waals surface area contributed by atoms with Crippen LogP contribution in [0.15, 0.2) is 35.2 Å². The molecule has 23 heavy (non-hydrogen) atoms. The molecule has 0 spiro atoms. The van der Waals surface area contributed by atoms with Gasteiger partial charge in [0.2, 0.25) is 15.9 Å². The van der Waals surface area contributed by atoms with Gasteiger partial charge >= 0.3 is 5.97 Å². The van der Waals surface area contributed by atoms with Crippen LogP contribution in [0.25, 0.3) is 0 Å². The van der Waals surface area contributed by atoms with Crippen molar-refractivity contribution in [3.63, 3.8) is 0 Å². The standard InChI is InChI=1S/C15H20N2O5S/c1-11(16-23(20,21)13-6-4-3-5-7-13)14(18)17-9-8-12(10-17)15(19)22-2/h3-7,11-12,16H,8-10H2,1-2H3. The van der Waals surface area contributed by atoms with Crippen LogP contribution in [0.1, 0.15) is 13.3 Å². The Morgan fingerprint density at radius 2 is 1.96 bits per heavy atom. The van der Waals surface area contributed by atoms with Crippen molar-refractivity contribution >= 4 is 21.9 Å². The van der Waals surface area contributed by atoms with Gasteiger partial charge in [0, 0.05) is 13.1 Å². The Hall–Kier alpha value is -1.93. The van der Waals surface area contributed by atoms with Crippen molar-refractivity contribution in [1.82, 2.24) is 9.62 Å². The second-order valence-electron chi connectivity index (χ2n) is 5.45. The van der Waals surface area contributed by atoms with Gasteiger partial charge in [-0.3, -0.25) is 9.59 Å². The molecule has 2 rings (SSSR count). The lowest BCUT2D eigenvalue weighted by atomic mass is 10.1. The Morgan fingerprint density at radius 3 is 2.57 bits per heavy atom. The topological polar surface area (TPSA) is 92.8 Å². The van der Waals surface area contributed by atoms with E-state index in [4.69, 9.17) is 0 Å². The molecule has 0 aromatic heterocycles. The summed E-state index contributed by atoms with van der Waals surface area (Å²) in [6.07, 6.45) is 0.524. The summed E-state index contributed by atoms with van der Waals surface area (Å²) in [5, 5.41) is 0. The van der Waals surface area contributed by atoms with Crippen molar-refractivity contribution < 1.29 is 22.7 Å². The Kier molecular flexibility index (Phi) is 5.38. The Balaban J connectivity index is 2.00. The van der Waals surface area contributed by atoms with Crippen LogP contribution < -0.4 is 4.72 Å². The van der Waals surface area contributed by atoms with Crippen LogP contribution in [0.4, 0.5) is 0 Å². The van der Waals surface area contributed by atoms with E-state index in [9.17, 15) is 18.0 Å². The van der Waals surface area contributed by atoms with Gasteiger partial charge in [0.15, 0.2) is 0 Å². The molecule has 1 heterocycles. The largest absolute Gasteiger partial charge is 0.469 e. The number of nitrogens with zero attached hydrogens (tertiary/aromatic N) is 1. The third-order valence-electron chi connectivity index (χ3n) is 3.79. The molecule has 1 amide bonds. The van der Waals surface area contributed by atoms with Crippen molar-refractivity contribution in [2.45, 2.75) is 24.3 Å². The second-order valence-corrected chi connectivity index (χ2v) is 7.16. The van der Waals surface area contributed by atoms with E-state index in [2.05, 4.69) is 9.46 Å². The molecule has 0 aliphatic carbocycles. The first kappa shape index (κ1) is 17.4. The summed E-state index contributed by atoms with van der Waals surface area (Å²) >= 11 is 0. The normalized spacial score (nSPS) is 19.4. The minimum Gasteiger partial charge on any atom is -0.469 e. The number of amides is 1. The third kappa shape index (κ3) is 4.08. The quantitative estimate of drug-likeness (QED) is 0.782. The molecule has 0 saturated carbocycles. The highest BCUT2D eigenvalue weighted by Gasteiger charge is 2.34. The van der Waals surface area contributed by atoms with E-state index < -0.39 is 16.1 Å². The fraction of sp³-hybridized carbons (Fsp3) is 0.467. The van der Waals surface area contributed by atoms with Crippen molar-refractivity contribution in [1.29, 1.82) is 0 Å². The predicted octanol–water partition coefficient (Wildman–Crippen LogP) is 0.375. The first-order valence-corrected chi connectivity index (χ1v) is 8.77. The summed E-state index contributed by atoms with van der Waals surface area (Å²) in [7, 11) is -2.45. The molecule has 8 heteroatoms. The van der Waals surface area contributed by atoms with Gasteiger partial charge < -0.3 is 9.64 Å². The number of hydrogen-bond donors (Lipinski definition) is 1. The lowest BCUT2D eigenvalue weighted by Gasteiger charge is -2.21. The van der Waals surface area contributed by atoms with Crippen LogP contribution in [0.5, 0.6) is 0 Å². The van der Waals surface area contributed by atoms with Gasteiger partial charge in [-0.05, 0) is 25.5 Å². The predicted molar refractivity (Wildman–Crippen MR) is 82.9 cm³/mol. The van der Waals surface area contributed by atoms with E-state index in [0.29, 0.717) is 13.0 Å². The number of rotatable bonds is 5. The SMILES string of the molecule is COC(=O)C1CCN(C(=O)C(C)NS(=O)(=O)c2ccccc2)C1. The van der Waals surface area contributed by atoms with Crippen LogP contribution in [0, 0.1) is 5.92 Å². The van der Waals surface area contributed by atoms with Gasteiger partial charge in [-0.1, -0.05) is 18.2 Å². The van der Waals surface area contributed by atoms with Gasteiger partial charge in [0.1, 0.15) is 0 Å². The molecule has 1 aromatic carbocycles. The minimum absolute atomic E-state index is 0.105. The van der Waals surface area contributed by atoms with Gasteiger partial charge in [-0.2, -0.15) is 4.72 Å². The summed E-state index contributed by atoms with van der Waals surface area (Å²) in [4.78, 5) is 25.4. The van der Waals surface area contributed by atoms with Gasteiger partial charge in [-0.15, -0.1) is 0 Å². The van der Waals surface area contributed by atoms with E-state index in [1.165, 1.54) is 31.1 Å². The molecule has 1 aliphatic heterocycles. The summed E-state index contributed by atoms with van der Waals surface area (Å²) < 4.78 is 31.5. The average Bonchev–Trinajstić information content (AvgIpc) is 3.03. The lowest BCUT2D eigenvalue weighted by Crippen LogP contribution is -2.46. The number of carbonyl (C=O) groups is 2. The van der Waals surface area contributed by atoms with Gasteiger partial charge in [-0.25, -0.2) is 8.42 Å². The molecule has 1 N–H and O–H groups in total. The first-order chi connectivity index (χ1) is 10.8. The zero-order valence-electron chi connectivity index (χ0n) is 13.1. The van der Waals surface area contributed by atoms with E-state index in [1.54, 1.807) is 18.2 Å². The van der Waals surface area contributed by atoms with Crippen LogP contribution >= 0.6 is 0 Å². The fourth-order valence-corrected chi connectivity index (χ4v) is 3.76. The number of sulfonamides is 1. The zero-order valence-corrected chi connectivity index (χ0v) is 13.9. The maximum Gasteiger partial charge on any atom is 0.310 e. The van der Waals surface area contributed by atoms with Crippen LogP contribution in [-0.2, 0) is 24.3 Å². The van der Waals surface area contributed by atoms with E-state index in [-0.39, 0.29) is 29.2 Å². The lowest BCUT2D eigenvalue weighted by molar-refractivity contribution is -0.145. The maximum absolute atomic E-state index is 12.4. The number of likely N-dealkylation sites (tertiary alicyclic amines) is 1. The summed E-state index contributed by atoms with van der Waals surface area (Å²) in [5.74, 6) is -1.05. The Morgan fingerprint density at radius 1 is 1.30 bits per heavy atom. The van der Waals surface area contributed by atoms with E-state index in [1.807, 2.05) is 0 Å². The highest BCUT2D eigenvalue weighted by atomic mass is 32.2. The third-order valence-corrected chi connectivity index (χ3v) is 5.35. The fourth-order valence-electron chi connectivity index (χ4n) is 2.54.